The van der Waals surface area contributed by atoms with E-state index in [1.54, 1.807) is 6.07 Å². The van der Waals surface area contributed by atoms with Gasteiger partial charge in [0.05, 0.1) is 30.1 Å². The summed E-state index contributed by atoms with van der Waals surface area (Å²) in [4.78, 5) is 0. The summed E-state index contributed by atoms with van der Waals surface area (Å²) >= 11 is 0. The summed E-state index contributed by atoms with van der Waals surface area (Å²) in [6.45, 7) is 0. The topological polar surface area (TPSA) is 67.5 Å². The summed E-state index contributed by atoms with van der Waals surface area (Å²) in [6.07, 6.45) is 3.55. The first-order valence-corrected chi connectivity index (χ1v) is 6.79. The molecular weight excluding hydrogens is 216 g/mol. The third-order valence-electron chi connectivity index (χ3n) is 2.81. The SMILES string of the molecule is O=S1(=O)CCC(CC(O)c2ccoc2)C1. The first-order chi connectivity index (χ1) is 7.07. The molecule has 1 aromatic heterocycles. The van der Waals surface area contributed by atoms with Gasteiger partial charge in [-0.15, -0.1) is 0 Å². The smallest absolute Gasteiger partial charge is 0.150 e. The molecule has 0 bridgehead atoms. The van der Waals surface area contributed by atoms with Gasteiger partial charge in [0.1, 0.15) is 0 Å². The third kappa shape index (κ3) is 2.60. The second kappa shape index (κ2) is 3.98. The van der Waals surface area contributed by atoms with Gasteiger partial charge in [-0.1, -0.05) is 0 Å². The molecule has 0 amide bonds. The fraction of sp³-hybridized carbons (Fsp3) is 0.600. The van der Waals surface area contributed by atoms with Crippen LogP contribution in [0.2, 0.25) is 0 Å². The molecule has 0 radical (unpaired) electrons. The molecule has 1 aromatic rings. The van der Waals surface area contributed by atoms with Gasteiger partial charge in [-0.05, 0) is 24.8 Å². The minimum Gasteiger partial charge on any atom is -0.472 e. The Morgan fingerprint density at radius 1 is 1.60 bits per heavy atom. The maximum Gasteiger partial charge on any atom is 0.150 e. The van der Waals surface area contributed by atoms with Gasteiger partial charge in [-0.25, -0.2) is 8.42 Å². The van der Waals surface area contributed by atoms with Crippen LogP contribution in [0.25, 0.3) is 0 Å². The number of hydrogen-bond acceptors (Lipinski definition) is 4. The van der Waals surface area contributed by atoms with Crippen LogP contribution < -0.4 is 0 Å². The van der Waals surface area contributed by atoms with Crippen molar-refractivity contribution in [3.8, 4) is 0 Å². The van der Waals surface area contributed by atoms with Crippen LogP contribution >= 0.6 is 0 Å². The van der Waals surface area contributed by atoms with E-state index in [1.165, 1.54) is 12.5 Å². The van der Waals surface area contributed by atoms with Crippen LogP contribution in [0.4, 0.5) is 0 Å². The van der Waals surface area contributed by atoms with E-state index in [1.807, 2.05) is 0 Å². The molecule has 0 saturated carbocycles. The average Bonchev–Trinajstić information content (AvgIpc) is 2.74. The Morgan fingerprint density at radius 2 is 2.40 bits per heavy atom. The molecular formula is C10H14O4S. The molecule has 84 valence electrons. The minimum absolute atomic E-state index is 0.0832. The number of aliphatic hydroxyl groups excluding tert-OH is 1. The van der Waals surface area contributed by atoms with E-state index in [9.17, 15) is 13.5 Å². The molecule has 4 nitrogen and oxygen atoms in total. The van der Waals surface area contributed by atoms with Crippen molar-refractivity contribution in [1.29, 1.82) is 0 Å². The summed E-state index contributed by atoms with van der Waals surface area (Å²) in [5, 5.41) is 9.79. The number of furan rings is 1. The number of hydrogen-bond donors (Lipinski definition) is 1. The van der Waals surface area contributed by atoms with E-state index in [-0.39, 0.29) is 17.4 Å². The largest absolute Gasteiger partial charge is 0.472 e. The molecule has 1 aliphatic heterocycles. The highest BCUT2D eigenvalue weighted by Crippen LogP contribution is 2.28. The van der Waals surface area contributed by atoms with Crippen molar-refractivity contribution in [1.82, 2.24) is 0 Å². The van der Waals surface area contributed by atoms with Crippen molar-refractivity contribution in [2.45, 2.75) is 18.9 Å². The standard InChI is InChI=1S/C10H14O4S/c11-10(9-1-3-14-6-9)5-8-2-4-15(12,13)7-8/h1,3,6,8,10-11H,2,4-5,7H2. The predicted octanol–water partition coefficient (Wildman–Crippen LogP) is 1.14. The fourth-order valence-electron chi connectivity index (χ4n) is 1.97. The number of sulfone groups is 1. The second-order valence-corrected chi connectivity index (χ2v) is 6.31. The van der Waals surface area contributed by atoms with E-state index in [0.29, 0.717) is 12.8 Å². The van der Waals surface area contributed by atoms with E-state index in [0.717, 1.165) is 5.56 Å². The summed E-state index contributed by atoms with van der Waals surface area (Å²) in [6, 6.07) is 1.70. The van der Waals surface area contributed by atoms with Crippen LogP contribution in [0.1, 0.15) is 24.5 Å². The van der Waals surface area contributed by atoms with Crippen molar-refractivity contribution in [2.24, 2.45) is 5.92 Å². The van der Waals surface area contributed by atoms with Crippen molar-refractivity contribution in [3.63, 3.8) is 0 Å². The zero-order chi connectivity index (χ0) is 10.9. The van der Waals surface area contributed by atoms with Crippen molar-refractivity contribution in [2.75, 3.05) is 11.5 Å². The van der Waals surface area contributed by atoms with Crippen molar-refractivity contribution < 1.29 is 17.9 Å². The Balaban J connectivity index is 1.94. The van der Waals surface area contributed by atoms with Gasteiger partial charge in [-0.3, -0.25) is 0 Å². The lowest BCUT2D eigenvalue weighted by molar-refractivity contribution is 0.148. The van der Waals surface area contributed by atoms with Crippen molar-refractivity contribution >= 4 is 9.84 Å². The van der Waals surface area contributed by atoms with Crippen LogP contribution in [0, 0.1) is 5.92 Å². The summed E-state index contributed by atoms with van der Waals surface area (Å²) in [5.74, 6) is 0.553. The molecule has 1 N–H and O–H groups in total. The third-order valence-corrected chi connectivity index (χ3v) is 4.65. The van der Waals surface area contributed by atoms with Gasteiger partial charge < -0.3 is 9.52 Å². The Bertz CT molecular complexity index is 407. The normalized spacial score (nSPS) is 26.6. The van der Waals surface area contributed by atoms with E-state index in [2.05, 4.69) is 0 Å². The minimum atomic E-state index is -2.84. The highest BCUT2D eigenvalue weighted by atomic mass is 32.2. The summed E-state index contributed by atoms with van der Waals surface area (Å²) in [5.41, 5.74) is 0.722. The van der Waals surface area contributed by atoms with Gasteiger partial charge in [0, 0.05) is 5.56 Å². The van der Waals surface area contributed by atoms with Crippen LogP contribution in [-0.2, 0) is 9.84 Å². The zero-order valence-corrected chi connectivity index (χ0v) is 9.11. The lowest BCUT2D eigenvalue weighted by Crippen LogP contribution is -2.09. The average molecular weight is 230 g/mol. The van der Waals surface area contributed by atoms with E-state index in [4.69, 9.17) is 4.42 Å². The van der Waals surface area contributed by atoms with Gasteiger partial charge in [0.2, 0.25) is 0 Å². The zero-order valence-electron chi connectivity index (χ0n) is 8.30. The lowest BCUT2D eigenvalue weighted by Gasteiger charge is -2.12. The van der Waals surface area contributed by atoms with Gasteiger partial charge in [0.25, 0.3) is 0 Å². The molecule has 0 aromatic carbocycles. The first-order valence-electron chi connectivity index (χ1n) is 4.97. The molecule has 0 spiro atoms. The molecule has 2 heterocycles. The maximum atomic E-state index is 11.2. The van der Waals surface area contributed by atoms with Gasteiger partial charge >= 0.3 is 0 Å². The van der Waals surface area contributed by atoms with E-state index >= 15 is 0 Å². The Morgan fingerprint density at radius 3 is 2.93 bits per heavy atom. The molecule has 1 fully saturated rings. The lowest BCUT2D eigenvalue weighted by atomic mass is 9.98. The molecule has 15 heavy (non-hydrogen) atoms. The second-order valence-electron chi connectivity index (χ2n) is 4.08. The first kappa shape index (κ1) is 10.7. The highest BCUT2D eigenvalue weighted by molar-refractivity contribution is 7.91. The van der Waals surface area contributed by atoms with Crippen LogP contribution in [0.5, 0.6) is 0 Å². The molecule has 2 atom stereocenters. The number of aliphatic hydroxyl groups is 1. The highest BCUT2D eigenvalue weighted by Gasteiger charge is 2.29. The number of rotatable bonds is 3. The Labute approximate surface area is 88.8 Å². The Kier molecular flexibility index (Phi) is 2.84. The molecule has 1 saturated heterocycles. The Hall–Kier alpha value is -0.810. The van der Waals surface area contributed by atoms with Crippen LogP contribution in [-0.4, -0.2) is 25.0 Å². The van der Waals surface area contributed by atoms with E-state index < -0.39 is 15.9 Å². The maximum absolute atomic E-state index is 11.2. The quantitative estimate of drug-likeness (QED) is 0.845. The van der Waals surface area contributed by atoms with Crippen LogP contribution in [0.15, 0.2) is 23.0 Å². The fourth-order valence-corrected chi connectivity index (χ4v) is 3.85. The molecule has 5 heteroatoms. The van der Waals surface area contributed by atoms with Gasteiger partial charge in [-0.2, -0.15) is 0 Å². The molecule has 1 aliphatic rings. The van der Waals surface area contributed by atoms with Crippen LogP contribution in [0.3, 0.4) is 0 Å². The molecule has 2 rings (SSSR count). The summed E-state index contributed by atoms with van der Waals surface area (Å²) < 4.78 is 27.3. The molecule has 0 aliphatic carbocycles. The summed E-state index contributed by atoms with van der Waals surface area (Å²) in [7, 11) is -2.84. The monoisotopic (exact) mass is 230 g/mol. The predicted molar refractivity (Wildman–Crippen MR) is 55.0 cm³/mol. The molecule has 2 unspecified atom stereocenters. The van der Waals surface area contributed by atoms with Gasteiger partial charge in [0.15, 0.2) is 9.84 Å². The van der Waals surface area contributed by atoms with Crippen molar-refractivity contribution in [3.05, 3.63) is 24.2 Å².